The highest BCUT2D eigenvalue weighted by molar-refractivity contribution is 6.38. The van der Waals surface area contributed by atoms with Gasteiger partial charge < -0.3 is 30.4 Å². The number of hydrogen-bond donors (Lipinski definition) is 4. The van der Waals surface area contributed by atoms with Gasteiger partial charge in [-0.25, -0.2) is 4.79 Å². The number of amides is 1. The van der Waals surface area contributed by atoms with Crippen molar-refractivity contribution in [3.05, 3.63) is 136 Å². The van der Waals surface area contributed by atoms with Gasteiger partial charge in [0.05, 0.1) is 21.8 Å². The number of carbonyl (C=O) groups is 2. The molecule has 224 valence electrons. The fourth-order valence-electron chi connectivity index (χ4n) is 5.04. The van der Waals surface area contributed by atoms with Crippen molar-refractivity contribution in [2.45, 2.75) is 38.5 Å². The topological polar surface area (TPSA) is 113 Å². The van der Waals surface area contributed by atoms with Gasteiger partial charge in [-0.3, -0.25) is 4.79 Å². The van der Waals surface area contributed by atoms with Crippen molar-refractivity contribution < 1.29 is 24.9 Å². The SMILES string of the molecule is C=C[C@H](O)c1cccc(C[C@H](NC(=C)c2c(Cl)cc3c(c2Cl)CCN(C(=O)/C(C)=C/N2C=CC=C(O)C2=C)C3)C(=O)O)c1. The Labute approximate surface area is 260 Å². The van der Waals surface area contributed by atoms with E-state index >= 15 is 0 Å². The number of carboxylic acid groups (broad SMARTS) is 1. The third-order valence-electron chi connectivity index (χ3n) is 7.37. The van der Waals surface area contributed by atoms with Gasteiger partial charge in [0.25, 0.3) is 5.91 Å². The smallest absolute Gasteiger partial charge is 0.326 e. The van der Waals surface area contributed by atoms with Gasteiger partial charge in [0.15, 0.2) is 0 Å². The van der Waals surface area contributed by atoms with Crippen LogP contribution in [0.25, 0.3) is 5.70 Å². The van der Waals surface area contributed by atoms with E-state index in [0.29, 0.717) is 45.9 Å². The van der Waals surface area contributed by atoms with Crippen LogP contribution < -0.4 is 5.32 Å². The molecule has 4 N–H and O–H groups in total. The van der Waals surface area contributed by atoms with Crippen LogP contribution in [0.15, 0.2) is 97.7 Å². The number of aliphatic carboxylic acids is 1. The molecule has 0 aliphatic carbocycles. The average molecular weight is 623 g/mol. The molecule has 2 atom stereocenters. The molecule has 0 bridgehead atoms. The number of benzene rings is 2. The first-order valence-corrected chi connectivity index (χ1v) is 14.3. The first-order chi connectivity index (χ1) is 20.4. The highest BCUT2D eigenvalue weighted by atomic mass is 35.5. The van der Waals surface area contributed by atoms with E-state index in [2.05, 4.69) is 25.1 Å². The van der Waals surface area contributed by atoms with Gasteiger partial charge in [-0.1, -0.05) is 66.7 Å². The molecule has 0 fully saturated rings. The highest BCUT2D eigenvalue weighted by Gasteiger charge is 2.28. The number of carboxylic acids is 1. The van der Waals surface area contributed by atoms with Gasteiger partial charge >= 0.3 is 5.97 Å². The van der Waals surface area contributed by atoms with Crippen molar-refractivity contribution in [3.63, 3.8) is 0 Å². The number of aliphatic hydroxyl groups is 2. The maximum atomic E-state index is 13.3. The van der Waals surface area contributed by atoms with E-state index in [-0.39, 0.29) is 35.4 Å². The standard InChI is InChI=1S/C33H33Cl2N3O5/c1-5-28(39)23-9-6-8-22(14-23)15-27(33(42)43)36-20(3)30-26(34)16-24-18-38(13-11-25(24)31(30)35)32(41)19(2)17-37-12-7-10-29(40)21(37)4/h5-10,12,14,16-17,27-28,36,39-40H,1,3-4,11,13,15,18H2,2H3,(H,42,43)/b19-17+/t27-,28-/m0/s1. The van der Waals surface area contributed by atoms with Gasteiger partial charge in [-0.15, -0.1) is 6.58 Å². The van der Waals surface area contributed by atoms with Crippen LogP contribution in [-0.4, -0.2) is 49.6 Å². The van der Waals surface area contributed by atoms with Gasteiger partial charge in [0.2, 0.25) is 0 Å². The maximum absolute atomic E-state index is 13.3. The van der Waals surface area contributed by atoms with Crippen LogP contribution in [0.4, 0.5) is 0 Å². The van der Waals surface area contributed by atoms with Crippen LogP contribution in [-0.2, 0) is 29.0 Å². The highest BCUT2D eigenvalue weighted by Crippen LogP contribution is 2.38. The Morgan fingerprint density at radius 1 is 1.23 bits per heavy atom. The molecule has 2 aromatic rings. The van der Waals surface area contributed by atoms with Crippen molar-refractivity contribution in [1.82, 2.24) is 15.1 Å². The van der Waals surface area contributed by atoms with E-state index in [1.54, 1.807) is 65.5 Å². The predicted octanol–water partition coefficient (Wildman–Crippen LogP) is 6.04. The molecule has 2 aliphatic heterocycles. The molecule has 0 spiro atoms. The second-order valence-corrected chi connectivity index (χ2v) is 11.1. The lowest BCUT2D eigenvalue weighted by atomic mass is 9.95. The summed E-state index contributed by atoms with van der Waals surface area (Å²) in [6.45, 7) is 13.9. The third-order valence-corrected chi connectivity index (χ3v) is 8.09. The number of hydrogen-bond acceptors (Lipinski definition) is 6. The number of fused-ring (bicyclic) bond motifs is 1. The molecule has 43 heavy (non-hydrogen) atoms. The number of halogens is 2. The summed E-state index contributed by atoms with van der Waals surface area (Å²) in [5, 5.41) is 33.5. The number of nitrogens with one attached hydrogen (secondary N) is 1. The zero-order chi connectivity index (χ0) is 31.4. The number of nitrogens with zero attached hydrogens (tertiary/aromatic N) is 2. The van der Waals surface area contributed by atoms with E-state index in [0.717, 1.165) is 11.1 Å². The lowest BCUT2D eigenvalue weighted by Crippen LogP contribution is -2.38. The molecule has 0 saturated carbocycles. The second-order valence-electron chi connectivity index (χ2n) is 10.4. The molecule has 1 amide bonds. The Bertz CT molecular complexity index is 1590. The summed E-state index contributed by atoms with van der Waals surface area (Å²) in [6.07, 6.45) is 7.62. The Morgan fingerprint density at radius 2 is 1.98 bits per heavy atom. The van der Waals surface area contributed by atoms with Gasteiger partial charge in [-0.2, -0.15) is 0 Å². The zero-order valence-corrected chi connectivity index (χ0v) is 25.2. The van der Waals surface area contributed by atoms with E-state index in [1.165, 1.54) is 12.2 Å². The van der Waals surface area contributed by atoms with E-state index in [9.17, 15) is 24.9 Å². The molecule has 4 rings (SSSR count). The van der Waals surface area contributed by atoms with E-state index < -0.39 is 18.1 Å². The summed E-state index contributed by atoms with van der Waals surface area (Å²) in [7, 11) is 0. The summed E-state index contributed by atoms with van der Waals surface area (Å²) in [6, 6.07) is 7.69. The van der Waals surface area contributed by atoms with E-state index in [1.807, 2.05) is 0 Å². The van der Waals surface area contributed by atoms with Gasteiger partial charge in [0, 0.05) is 48.7 Å². The van der Waals surface area contributed by atoms with Crippen LogP contribution in [0.2, 0.25) is 10.0 Å². The fourth-order valence-corrected chi connectivity index (χ4v) is 5.86. The predicted molar refractivity (Wildman–Crippen MR) is 169 cm³/mol. The molecule has 0 saturated heterocycles. The number of carbonyl (C=O) groups excluding carboxylic acids is 1. The van der Waals surface area contributed by atoms with Gasteiger partial charge in [0.1, 0.15) is 11.8 Å². The van der Waals surface area contributed by atoms with Crippen molar-refractivity contribution in [1.29, 1.82) is 0 Å². The molecular weight excluding hydrogens is 589 g/mol. The lowest BCUT2D eigenvalue weighted by Gasteiger charge is -2.31. The quantitative estimate of drug-likeness (QED) is 0.189. The summed E-state index contributed by atoms with van der Waals surface area (Å²) in [4.78, 5) is 28.7. The minimum Gasteiger partial charge on any atom is -0.506 e. The van der Waals surface area contributed by atoms with Crippen molar-refractivity contribution >= 4 is 40.8 Å². The van der Waals surface area contributed by atoms with Crippen molar-refractivity contribution in [3.8, 4) is 0 Å². The minimum absolute atomic E-state index is 0.0225. The molecule has 0 aromatic heterocycles. The third kappa shape index (κ3) is 7.05. The van der Waals surface area contributed by atoms with Crippen molar-refractivity contribution in [2.75, 3.05) is 6.54 Å². The number of rotatable bonds is 10. The number of aliphatic hydroxyl groups excluding tert-OH is 2. The molecule has 8 nitrogen and oxygen atoms in total. The van der Waals surface area contributed by atoms with Crippen LogP contribution >= 0.6 is 23.2 Å². The summed E-state index contributed by atoms with van der Waals surface area (Å²) >= 11 is 13.5. The summed E-state index contributed by atoms with van der Waals surface area (Å²) in [5.41, 5.74) is 4.41. The molecule has 2 heterocycles. The lowest BCUT2D eigenvalue weighted by molar-refractivity contribution is -0.139. The Balaban J connectivity index is 1.50. The molecule has 2 aromatic carbocycles. The molecule has 0 unspecified atom stereocenters. The normalized spacial score (nSPS) is 16.2. The maximum Gasteiger partial charge on any atom is 0.326 e. The Kier molecular flexibility index (Phi) is 9.86. The molecule has 0 radical (unpaired) electrons. The van der Waals surface area contributed by atoms with Crippen LogP contribution in [0.3, 0.4) is 0 Å². The first kappa shape index (κ1) is 31.7. The summed E-state index contributed by atoms with van der Waals surface area (Å²) < 4.78 is 0. The monoisotopic (exact) mass is 621 g/mol. The van der Waals surface area contributed by atoms with Crippen LogP contribution in [0.1, 0.15) is 40.8 Å². The fraction of sp³-hybridized carbons (Fsp3) is 0.212. The average Bonchev–Trinajstić information content (AvgIpc) is 2.98. The second kappa shape index (κ2) is 13.4. The zero-order valence-electron chi connectivity index (χ0n) is 23.7. The van der Waals surface area contributed by atoms with Crippen LogP contribution in [0.5, 0.6) is 0 Å². The Morgan fingerprint density at radius 3 is 2.67 bits per heavy atom. The summed E-state index contributed by atoms with van der Waals surface area (Å²) in [5.74, 6) is -1.25. The van der Waals surface area contributed by atoms with Crippen LogP contribution in [0, 0.1) is 0 Å². The molecule has 2 aliphatic rings. The largest absolute Gasteiger partial charge is 0.506 e. The van der Waals surface area contributed by atoms with Gasteiger partial charge in [-0.05, 0) is 53.8 Å². The number of allylic oxidation sites excluding steroid dienone is 2. The molecule has 10 heteroatoms. The minimum atomic E-state index is -1.09. The first-order valence-electron chi connectivity index (χ1n) is 13.5. The van der Waals surface area contributed by atoms with Crippen molar-refractivity contribution in [2.24, 2.45) is 0 Å². The van der Waals surface area contributed by atoms with E-state index in [4.69, 9.17) is 23.2 Å². The Hall–Kier alpha value is -4.24. The molecular formula is C33H33Cl2N3O5.